The van der Waals surface area contributed by atoms with Crippen LogP contribution in [0.15, 0.2) is 40.6 Å². The largest absolute Gasteiger partial charge is 0.478 e. The zero-order valence-electron chi connectivity index (χ0n) is 13.0. The van der Waals surface area contributed by atoms with E-state index in [1.54, 1.807) is 18.4 Å². The molecule has 0 fully saturated rings. The highest BCUT2D eigenvalue weighted by Gasteiger charge is 2.22. The average Bonchev–Trinajstić information content (AvgIpc) is 3.00. The number of rotatable bonds is 5. The van der Waals surface area contributed by atoms with E-state index >= 15 is 0 Å². The van der Waals surface area contributed by atoms with E-state index in [4.69, 9.17) is 0 Å². The van der Waals surface area contributed by atoms with E-state index in [1.807, 2.05) is 0 Å². The number of carboxylic acids is 1. The summed E-state index contributed by atoms with van der Waals surface area (Å²) in [7, 11) is -3.77. The number of aromatic carboxylic acids is 1. The van der Waals surface area contributed by atoms with Crippen LogP contribution < -0.4 is 5.32 Å². The van der Waals surface area contributed by atoms with Crippen LogP contribution in [0.5, 0.6) is 0 Å². The van der Waals surface area contributed by atoms with E-state index in [2.05, 4.69) is 10.3 Å². The molecule has 6 nitrogen and oxygen atoms in total. The fraction of sp³-hybridized carbons (Fsp3) is 0.125. The lowest BCUT2D eigenvalue weighted by Gasteiger charge is -2.13. The number of aryl methyl sites for hydroxylation is 1. The standard InChI is InChI=1S/C16H13FN2O4S2/c1-9-13(16(20)21)14(15-12(19-9)6-7-24-15)18-8-25(22,23)11-4-2-10(17)3-5-11/h2-7H,8H2,1H3,(H,18,19)(H,20,21). The van der Waals surface area contributed by atoms with Crippen LogP contribution >= 0.6 is 11.3 Å². The summed E-state index contributed by atoms with van der Waals surface area (Å²) in [5, 5.41) is 13.9. The number of anilines is 1. The van der Waals surface area contributed by atoms with Gasteiger partial charge in [-0.15, -0.1) is 11.3 Å². The minimum absolute atomic E-state index is 0.0496. The van der Waals surface area contributed by atoms with Gasteiger partial charge in [-0.3, -0.25) is 4.98 Å². The van der Waals surface area contributed by atoms with E-state index in [9.17, 15) is 22.7 Å². The van der Waals surface area contributed by atoms with Gasteiger partial charge in [-0.1, -0.05) is 0 Å². The summed E-state index contributed by atoms with van der Waals surface area (Å²) in [4.78, 5) is 15.8. The fourth-order valence-corrected chi connectivity index (χ4v) is 4.34. The Morgan fingerprint density at radius 2 is 1.96 bits per heavy atom. The number of benzene rings is 1. The van der Waals surface area contributed by atoms with Crippen molar-refractivity contribution in [3.05, 3.63) is 52.8 Å². The maximum absolute atomic E-state index is 13.0. The normalized spacial score (nSPS) is 11.6. The minimum atomic E-state index is -3.77. The molecule has 1 aromatic carbocycles. The molecule has 0 unspecified atom stereocenters. The van der Waals surface area contributed by atoms with E-state index in [0.717, 1.165) is 12.1 Å². The molecular formula is C16H13FN2O4S2. The van der Waals surface area contributed by atoms with Crippen LogP contribution in [0.1, 0.15) is 16.1 Å². The van der Waals surface area contributed by atoms with Gasteiger partial charge in [0.1, 0.15) is 17.3 Å². The zero-order chi connectivity index (χ0) is 18.2. The maximum Gasteiger partial charge on any atom is 0.339 e. The third-order valence-corrected chi connectivity index (χ3v) is 6.03. The molecule has 0 bridgehead atoms. The molecule has 2 heterocycles. The van der Waals surface area contributed by atoms with Crippen LogP contribution in [0, 0.1) is 12.7 Å². The Morgan fingerprint density at radius 3 is 2.60 bits per heavy atom. The lowest BCUT2D eigenvalue weighted by atomic mass is 10.1. The number of fused-ring (bicyclic) bond motifs is 1. The number of hydrogen-bond donors (Lipinski definition) is 2. The second-order valence-electron chi connectivity index (χ2n) is 5.28. The highest BCUT2D eigenvalue weighted by molar-refractivity contribution is 7.91. The van der Waals surface area contributed by atoms with Gasteiger partial charge in [0.15, 0.2) is 9.84 Å². The molecule has 2 N–H and O–H groups in total. The van der Waals surface area contributed by atoms with Gasteiger partial charge < -0.3 is 10.4 Å². The molecule has 0 atom stereocenters. The number of hydrogen-bond acceptors (Lipinski definition) is 6. The Morgan fingerprint density at radius 1 is 1.28 bits per heavy atom. The predicted octanol–water partition coefficient (Wildman–Crippen LogP) is 3.29. The van der Waals surface area contributed by atoms with Crippen LogP contribution in [-0.2, 0) is 9.84 Å². The smallest absolute Gasteiger partial charge is 0.339 e. The highest BCUT2D eigenvalue weighted by atomic mass is 32.2. The van der Waals surface area contributed by atoms with Crippen molar-refractivity contribution < 1.29 is 22.7 Å². The van der Waals surface area contributed by atoms with Crippen molar-refractivity contribution in [3.8, 4) is 0 Å². The summed E-state index contributed by atoms with van der Waals surface area (Å²) in [5.41, 5.74) is 1.04. The lowest BCUT2D eigenvalue weighted by Crippen LogP contribution is -2.17. The van der Waals surface area contributed by atoms with Crippen molar-refractivity contribution in [2.75, 3.05) is 11.2 Å². The number of nitrogens with zero attached hydrogens (tertiary/aromatic N) is 1. The van der Waals surface area contributed by atoms with Crippen molar-refractivity contribution in [2.45, 2.75) is 11.8 Å². The summed E-state index contributed by atoms with van der Waals surface area (Å²) in [6.45, 7) is 1.56. The van der Waals surface area contributed by atoms with Crippen LogP contribution in [0.4, 0.5) is 10.1 Å². The Hall–Kier alpha value is -2.52. The minimum Gasteiger partial charge on any atom is -0.478 e. The number of carbonyl (C=O) groups is 1. The number of halogens is 1. The molecule has 0 aliphatic rings. The number of sulfone groups is 1. The molecule has 9 heteroatoms. The second-order valence-corrected chi connectivity index (χ2v) is 8.18. The topological polar surface area (TPSA) is 96.4 Å². The van der Waals surface area contributed by atoms with Gasteiger partial charge in [-0.25, -0.2) is 17.6 Å². The van der Waals surface area contributed by atoms with Crippen molar-refractivity contribution in [1.29, 1.82) is 0 Å². The summed E-state index contributed by atoms with van der Waals surface area (Å²) in [6, 6.07) is 6.19. The third-order valence-electron chi connectivity index (χ3n) is 3.60. The van der Waals surface area contributed by atoms with Gasteiger partial charge >= 0.3 is 5.97 Å². The second kappa shape index (κ2) is 6.41. The summed E-state index contributed by atoms with van der Waals surface area (Å²) < 4.78 is 38.4. The number of thiophene rings is 1. The molecule has 0 saturated heterocycles. The van der Waals surface area contributed by atoms with Crippen LogP contribution in [0.25, 0.3) is 10.2 Å². The molecular weight excluding hydrogens is 367 g/mol. The van der Waals surface area contributed by atoms with Gasteiger partial charge in [-0.05, 0) is 42.6 Å². The molecule has 0 amide bonds. The SMILES string of the molecule is Cc1nc2ccsc2c(NCS(=O)(=O)c2ccc(F)cc2)c1C(=O)O. The number of pyridine rings is 1. The van der Waals surface area contributed by atoms with E-state index < -0.39 is 27.5 Å². The van der Waals surface area contributed by atoms with E-state index in [-0.39, 0.29) is 16.1 Å². The number of nitrogens with one attached hydrogen (secondary N) is 1. The average molecular weight is 380 g/mol. The Labute approximate surface area is 146 Å². The summed E-state index contributed by atoms with van der Waals surface area (Å²) >= 11 is 1.27. The Balaban J connectivity index is 2.00. The molecule has 2 aromatic heterocycles. The molecule has 0 aliphatic carbocycles. The third kappa shape index (κ3) is 3.33. The molecule has 0 saturated carbocycles. The van der Waals surface area contributed by atoms with Gasteiger partial charge in [0.2, 0.25) is 0 Å². The van der Waals surface area contributed by atoms with Gasteiger partial charge in [0.05, 0.1) is 26.5 Å². The van der Waals surface area contributed by atoms with E-state index in [0.29, 0.717) is 15.9 Å². The molecule has 0 aliphatic heterocycles. The number of carboxylic acid groups (broad SMARTS) is 1. The Bertz CT molecular complexity index is 1060. The van der Waals surface area contributed by atoms with Crippen LogP contribution in [0.2, 0.25) is 0 Å². The molecule has 0 radical (unpaired) electrons. The van der Waals surface area contributed by atoms with Gasteiger partial charge in [0.25, 0.3) is 0 Å². The quantitative estimate of drug-likeness (QED) is 0.660. The van der Waals surface area contributed by atoms with Crippen LogP contribution in [-0.4, -0.2) is 30.4 Å². The molecule has 25 heavy (non-hydrogen) atoms. The monoisotopic (exact) mass is 380 g/mol. The first-order valence-corrected chi connectivity index (χ1v) is 9.66. The first-order chi connectivity index (χ1) is 11.8. The lowest BCUT2D eigenvalue weighted by molar-refractivity contribution is 0.0697. The zero-order valence-corrected chi connectivity index (χ0v) is 14.6. The molecule has 0 spiro atoms. The van der Waals surface area contributed by atoms with Crippen molar-refractivity contribution >= 4 is 43.0 Å². The maximum atomic E-state index is 13.0. The van der Waals surface area contributed by atoms with E-state index in [1.165, 1.54) is 23.5 Å². The van der Waals surface area contributed by atoms with Crippen molar-refractivity contribution in [1.82, 2.24) is 4.98 Å². The number of aromatic nitrogens is 1. The highest BCUT2D eigenvalue weighted by Crippen LogP contribution is 2.33. The summed E-state index contributed by atoms with van der Waals surface area (Å²) in [5.74, 6) is -2.25. The van der Waals surface area contributed by atoms with Crippen LogP contribution in [0.3, 0.4) is 0 Å². The van der Waals surface area contributed by atoms with Gasteiger partial charge in [-0.2, -0.15) is 0 Å². The molecule has 3 rings (SSSR count). The van der Waals surface area contributed by atoms with Crippen molar-refractivity contribution in [2.24, 2.45) is 0 Å². The Kier molecular flexibility index (Phi) is 4.44. The fourth-order valence-electron chi connectivity index (χ4n) is 2.43. The first-order valence-electron chi connectivity index (χ1n) is 7.13. The van der Waals surface area contributed by atoms with Gasteiger partial charge in [0, 0.05) is 0 Å². The first kappa shape index (κ1) is 17.3. The molecule has 3 aromatic rings. The molecule has 130 valence electrons. The van der Waals surface area contributed by atoms with Crippen molar-refractivity contribution in [3.63, 3.8) is 0 Å². The predicted molar refractivity (Wildman–Crippen MR) is 93.4 cm³/mol. The summed E-state index contributed by atoms with van der Waals surface area (Å²) in [6.07, 6.45) is 0.